The van der Waals surface area contributed by atoms with Crippen molar-refractivity contribution in [2.75, 3.05) is 6.61 Å². The lowest BCUT2D eigenvalue weighted by molar-refractivity contribution is 0.0692. The van der Waals surface area contributed by atoms with Crippen LogP contribution in [0.4, 0.5) is 0 Å². The number of carboxylic acid groups (broad SMARTS) is 1. The van der Waals surface area contributed by atoms with Gasteiger partial charge < -0.3 is 9.84 Å². The Morgan fingerprint density at radius 2 is 2.27 bits per heavy atom. The van der Waals surface area contributed by atoms with Gasteiger partial charge in [-0.25, -0.2) is 4.79 Å². The second-order valence-electron chi connectivity index (χ2n) is 3.58. The number of aryl methyl sites for hydroxylation is 1. The molecule has 0 spiro atoms. The lowest BCUT2D eigenvalue weighted by Crippen LogP contribution is -2.05. The van der Waals surface area contributed by atoms with Gasteiger partial charge in [-0.2, -0.15) is 0 Å². The number of fused-ring (bicyclic) bond motifs is 1. The van der Waals surface area contributed by atoms with Crippen LogP contribution in [0.2, 0.25) is 0 Å². The Morgan fingerprint density at radius 3 is 3.00 bits per heavy atom. The molecule has 1 aromatic carbocycles. The third-order valence-electron chi connectivity index (χ3n) is 2.32. The van der Waals surface area contributed by atoms with Crippen LogP contribution >= 0.6 is 0 Å². The van der Waals surface area contributed by atoms with Crippen LogP contribution in [-0.4, -0.2) is 17.7 Å². The number of hydrogen-bond acceptors (Lipinski definition) is 2. The predicted octanol–water partition coefficient (Wildman–Crippen LogP) is 2.49. The monoisotopic (exact) mass is 204 g/mol. The molecule has 1 heterocycles. The standard InChI is InChI=1S/C12H12O3/c1-8-6-9-4-2-3-5-15-11(9)10(7-8)12(13)14/h2,4,6-7H,3,5H2,1H3,(H,13,14). The number of rotatable bonds is 1. The van der Waals surface area contributed by atoms with Crippen LogP contribution in [0.1, 0.15) is 27.9 Å². The van der Waals surface area contributed by atoms with Gasteiger partial charge in [0, 0.05) is 5.56 Å². The van der Waals surface area contributed by atoms with E-state index in [4.69, 9.17) is 9.84 Å². The van der Waals surface area contributed by atoms with Crippen LogP contribution < -0.4 is 4.74 Å². The van der Waals surface area contributed by atoms with Gasteiger partial charge in [-0.3, -0.25) is 0 Å². The molecule has 15 heavy (non-hydrogen) atoms. The largest absolute Gasteiger partial charge is 0.492 e. The summed E-state index contributed by atoms with van der Waals surface area (Å²) in [6.45, 7) is 2.41. The van der Waals surface area contributed by atoms with Crippen molar-refractivity contribution in [2.24, 2.45) is 0 Å². The van der Waals surface area contributed by atoms with Gasteiger partial charge in [0.1, 0.15) is 11.3 Å². The molecule has 1 N–H and O–H groups in total. The van der Waals surface area contributed by atoms with Crippen molar-refractivity contribution in [1.82, 2.24) is 0 Å². The van der Waals surface area contributed by atoms with E-state index in [2.05, 4.69) is 0 Å². The first-order valence-electron chi connectivity index (χ1n) is 4.86. The highest BCUT2D eigenvalue weighted by atomic mass is 16.5. The van der Waals surface area contributed by atoms with Crippen LogP contribution in [0.15, 0.2) is 18.2 Å². The van der Waals surface area contributed by atoms with E-state index in [9.17, 15) is 4.79 Å². The number of benzene rings is 1. The highest BCUT2D eigenvalue weighted by Gasteiger charge is 2.16. The van der Waals surface area contributed by atoms with Crippen molar-refractivity contribution in [3.8, 4) is 5.75 Å². The molecule has 3 nitrogen and oxygen atoms in total. The van der Waals surface area contributed by atoms with E-state index < -0.39 is 5.97 Å². The first-order valence-corrected chi connectivity index (χ1v) is 4.86. The fourth-order valence-electron chi connectivity index (χ4n) is 1.68. The molecule has 2 rings (SSSR count). The molecule has 0 amide bonds. The van der Waals surface area contributed by atoms with Crippen molar-refractivity contribution in [3.63, 3.8) is 0 Å². The molecule has 0 radical (unpaired) electrons. The van der Waals surface area contributed by atoms with E-state index in [0.29, 0.717) is 12.4 Å². The highest BCUT2D eigenvalue weighted by molar-refractivity contribution is 5.93. The summed E-state index contributed by atoms with van der Waals surface area (Å²) in [5, 5.41) is 9.05. The minimum absolute atomic E-state index is 0.247. The molecular weight excluding hydrogens is 192 g/mol. The molecule has 1 aliphatic rings. The molecule has 1 aliphatic heterocycles. The normalized spacial score (nSPS) is 13.9. The fourth-order valence-corrected chi connectivity index (χ4v) is 1.68. The first-order chi connectivity index (χ1) is 7.18. The molecule has 3 heteroatoms. The molecule has 0 saturated heterocycles. The molecular formula is C12H12O3. The van der Waals surface area contributed by atoms with Crippen molar-refractivity contribution >= 4 is 12.0 Å². The summed E-state index contributed by atoms with van der Waals surface area (Å²) >= 11 is 0. The molecule has 1 aromatic rings. The van der Waals surface area contributed by atoms with Crippen LogP contribution in [0.5, 0.6) is 5.75 Å². The zero-order chi connectivity index (χ0) is 10.8. The lowest BCUT2D eigenvalue weighted by atomic mass is 10.0. The van der Waals surface area contributed by atoms with Gasteiger partial charge in [0.25, 0.3) is 0 Å². The van der Waals surface area contributed by atoms with Crippen molar-refractivity contribution in [1.29, 1.82) is 0 Å². The summed E-state index contributed by atoms with van der Waals surface area (Å²) < 4.78 is 5.45. The summed E-state index contributed by atoms with van der Waals surface area (Å²) in [5.41, 5.74) is 2.03. The summed E-state index contributed by atoms with van der Waals surface area (Å²) in [6.07, 6.45) is 4.73. The van der Waals surface area contributed by atoms with Gasteiger partial charge in [0.05, 0.1) is 6.61 Å². The highest BCUT2D eigenvalue weighted by Crippen LogP contribution is 2.29. The van der Waals surface area contributed by atoms with Crippen LogP contribution in [0, 0.1) is 6.92 Å². The molecule has 0 bridgehead atoms. The second kappa shape index (κ2) is 3.77. The summed E-state index contributed by atoms with van der Waals surface area (Å²) in [7, 11) is 0. The molecule has 0 atom stereocenters. The van der Waals surface area contributed by atoms with E-state index in [1.165, 1.54) is 0 Å². The lowest BCUT2D eigenvalue weighted by Gasteiger charge is -2.10. The number of ether oxygens (including phenoxy) is 1. The maximum atomic E-state index is 11.0. The Balaban J connectivity index is 2.62. The fraction of sp³-hybridized carbons (Fsp3) is 0.250. The van der Waals surface area contributed by atoms with Crippen molar-refractivity contribution in [3.05, 3.63) is 34.9 Å². The van der Waals surface area contributed by atoms with E-state index in [1.54, 1.807) is 6.07 Å². The Morgan fingerprint density at radius 1 is 1.47 bits per heavy atom. The Labute approximate surface area is 88.0 Å². The Bertz CT molecular complexity index is 433. The minimum atomic E-state index is -0.940. The molecule has 78 valence electrons. The molecule has 0 aromatic heterocycles. The zero-order valence-electron chi connectivity index (χ0n) is 8.49. The second-order valence-corrected chi connectivity index (χ2v) is 3.58. The number of aromatic carboxylic acids is 1. The van der Waals surface area contributed by atoms with Gasteiger partial charge in [-0.05, 0) is 31.0 Å². The summed E-state index contributed by atoms with van der Waals surface area (Å²) in [5.74, 6) is -0.452. The van der Waals surface area contributed by atoms with E-state index in [-0.39, 0.29) is 5.56 Å². The number of hydrogen-bond donors (Lipinski definition) is 1. The van der Waals surface area contributed by atoms with E-state index in [1.807, 2.05) is 25.1 Å². The van der Waals surface area contributed by atoms with Gasteiger partial charge in [-0.1, -0.05) is 12.2 Å². The number of carboxylic acids is 1. The molecule has 0 unspecified atom stereocenters. The third kappa shape index (κ3) is 1.86. The maximum absolute atomic E-state index is 11.0. The predicted molar refractivity (Wildman–Crippen MR) is 57.3 cm³/mol. The Kier molecular flexibility index (Phi) is 2.46. The van der Waals surface area contributed by atoms with Crippen LogP contribution in [0.3, 0.4) is 0 Å². The molecule has 0 aliphatic carbocycles. The third-order valence-corrected chi connectivity index (χ3v) is 2.32. The van der Waals surface area contributed by atoms with Crippen molar-refractivity contribution in [2.45, 2.75) is 13.3 Å². The van der Waals surface area contributed by atoms with Crippen molar-refractivity contribution < 1.29 is 14.6 Å². The minimum Gasteiger partial charge on any atom is -0.492 e. The SMILES string of the molecule is Cc1cc2c(c(C(=O)O)c1)OCCC=C2. The first kappa shape index (κ1) is 9.77. The van der Waals surface area contributed by atoms with Gasteiger partial charge in [-0.15, -0.1) is 0 Å². The van der Waals surface area contributed by atoms with Gasteiger partial charge in [0.2, 0.25) is 0 Å². The maximum Gasteiger partial charge on any atom is 0.339 e. The summed E-state index contributed by atoms with van der Waals surface area (Å²) in [4.78, 5) is 11.0. The van der Waals surface area contributed by atoms with Crippen LogP contribution in [0.25, 0.3) is 6.08 Å². The van der Waals surface area contributed by atoms with E-state index >= 15 is 0 Å². The molecule has 0 saturated carbocycles. The van der Waals surface area contributed by atoms with Gasteiger partial charge >= 0.3 is 5.97 Å². The van der Waals surface area contributed by atoms with Crippen LogP contribution in [-0.2, 0) is 0 Å². The summed E-state index contributed by atoms with van der Waals surface area (Å²) in [6, 6.07) is 3.57. The number of carbonyl (C=O) groups is 1. The Hall–Kier alpha value is -1.77. The topological polar surface area (TPSA) is 46.5 Å². The van der Waals surface area contributed by atoms with E-state index in [0.717, 1.165) is 17.5 Å². The smallest absolute Gasteiger partial charge is 0.339 e. The quantitative estimate of drug-likeness (QED) is 0.764. The average molecular weight is 204 g/mol. The van der Waals surface area contributed by atoms with Gasteiger partial charge in [0.15, 0.2) is 0 Å². The zero-order valence-corrected chi connectivity index (χ0v) is 8.49. The molecule has 0 fully saturated rings. The average Bonchev–Trinajstić information content (AvgIpc) is 2.41.